The molecule has 0 saturated carbocycles. The Kier molecular flexibility index (Phi) is 4.89. The number of hydrogen-bond donors (Lipinski definition) is 0. The van der Waals surface area contributed by atoms with Crippen LogP contribution in [0.2, 0.25) is 0 Å². The van der Waals surface area contributed by atoms with Gasteiger partial charge in [-0.2, -0.15) is 5.26 Å². The van der Waals surface area contributed by atoms with E-state index in [0.717, 1.165) is 16.6 Å². The Hall–Kier alpha value is -1.70. The minimum Gasteiger partial charge on any atom is -0.298 e. The zero-order chi connectivity index (χ0) is 14.5. The Morgan fingerprint density at radius 2 is 1.95 bits per heavy atom. The van der Waals surface area contributed by atoms with E-state index in [0.29, 0.717) is 6.54 Å². The van der Waals surface area contributed by atoms with E-state index in [1.807, 2.05) is 31.3 Å². The highest BCUT2D eigenvalue weighted by molar-refractivity contribution is 9.10. The zero-order valence-corrected chi connectivity index (χ0v) is 12.7. The Balaban J connectivity index is 2.07. The molecule has 0 radical (unpaired) electrons. The highest BCUT2D eigenvalue weighted by Crippen LogP contribution is 2.18. The third kappa shape index (κ3) is 3.66. The van der Waals surface area contributed by atoms with Crippen LogP contribution in [0.4, 0.5) is 4.39 Å². The van der Waals surface area contributed by atoms with Crippen molar-refractivity contribution in [1.29, 1.82) is 5.26 Å². The van der Waals surface area contributed by atoms with Gasteiger partial charge in [-0.3, -0.25) is 4.90 Å². The summed E-state index contributed by atoms with van der Waals surface area (Å²) < 4.78 is 14.3. The van der Waals surface area contributed by atoms with Gasteiger partial charge in [0.15, 0.2) is 0 Å². The molecule has 2 aromatic rings. The molecule has 0 aliphatic carbocycles. The van der Waals surface area contributed by atoms with Gasteiger partial charge < -0.3 is 0 Å². The summed E-state index contributed by atoms with van der Waals surface area (Å²) in [5.74, 6) is -0.468. The summed E-state index contributed by atoms with van der Waals surface area (Å²) in [5, 5.41) is 8.84. The summed E-state index contributed by atoms with van der Waals surface area (Å²) in [6.45, 7) is 1.44. The summed E-state index contributed by atoms with van der Waals surface area (Å²) >= 11 is 3.52. The van der Waals surface area contributed by atoms with Gasteiger partial charge in [0.2, 0.25) is 0 Å². The van der Waals surface area contributed by atoms with Crippen LogP contribution in [0.15, 0.2) is 46.9 Å². The molecular formula is C16H14BrFN2. The van der Waals surface area contributed by atoms with Crippen molar-refractivity contribution < 1.29 is 4.39 Å². The number of rotatable bonds is 4. The van der Waals surface area contributed by atoms with Crippen molar-refractivity contribution in [3.63, 3.8) is 0 Å². The Morgan fingerprint density at radius 1 is 1.20 bits per heavy atom. The molecule has 0 N–H and O–H groups in total. The van der Waals surface area contributed by atoms with E-state index in [2.05, 4.69) is 26.9 Å². The lowest BCUT2D eigenvalue weighted by Crippen LogP contribution is -2.17. The van der Waals surface area contributed by atoms with Crippen molar-refractivity contribution in [2.24, 2.45) is 0 Å². The number of nitrogens with zero attached hydrogens (tertiary/aromatic N) is 2. The second-order valence-corrected chi connectivity index (χ2v) is 5.54. The van der Waals surface area contributed by atoms with E-state index < -0.39 is 5.82 Å². The molecule has 20 heavy (non-hydrogen) atoms. The minimum atomic E-state index is -0.468. The molecule has 2 rings (SSSR count). The van der Waals surface area contributed by atoms with Crippen molar-refractivity contribution in [1.82, 2.24) is 4.90 Å². The Bertz CT molecular complexity index is 649. The van der Waals surface area contributed by atoms with Crippen LogP contribution in [0, 0.1) is 17.1 Å². The predicted octanol–water partition coefficient (Wildman–Crippen LogP) is 4.09. The summed E-state index contributed by atoms with van der Waals surface area (Å²) in [5.41, 5.74) is 2.21. The van der Waals surface area contributed by atoms with Crippen LogP contribution < -0.4 is 0 Å². The molecule has 0 spiro atoms. The molecule has 4 heteroatoms. The normalized spacial score (nSPS) is 10.6. The lowest BCUT2D eigenvalue weighted by atomic mass is 10.1. The number of benzene rings is 2. The van der Waals surface area contributed by atoms with Gasteiger partial charge in [0.25, 0.3) is 0 Å². The standard InChI is InChI=1S/C16H14BrFN2/c1-20(11-13-4-2-3-5-15(13)17)10-12-6-7-16(18)14(8-12)9-19/h2-8H,10-11H2,1H3. The van der Waals surface area contributed by atoms with Crippen molar-refractivity contribution >= 4 is 15.9 Å². The minimum absolute atomic E-state index is 0.0943. The highest BCUT2D eigenvalue weighted by atomic mass is 79.9. The van der Waals surface area contributed by atoms with Crippen molar-refractivity contribution in [3.8, 4) is 6.07 Å². The lowest BCUT2D eigenvalue weighted by molar-refractivity contribution is 0.318. The summed E-state index contributed by atoms with van der Waals surface area (Å²) in [7, 11) is 1.99. The molecule has 0 saturated heterocycles. The maximum atomic E-state index is 13.3. The van der Waals surface area contributed by atoms with E-state index in [1.165, 1.54) is 11.6 Å². The Morgan fingerprint density at radius 3 is 2.65 bits per heavy atom. The van der Waals surface area contributed by atoms with Crippen molar-refractivity contribution in [2.45, 2.75) is 13.1 Å². The SMILES string of the molecule is CN(Cc1ccc(F)c(C#N)c1)Cc1ccccc1Br. The fourth-order valence-electron chi connectivity index (χ4n) is 2.04. The van der Waals surface area contributed by atoms with E-state index in [4.69, 9.17) is 5.26 Å². The fraction of sp³-hybridized carbons (Fsp3) is 0.188. The smallest absolute Gasteiger partial charge is 0.140 e. The molecule has 0 aliphatic rings. The highest BCUT2D eigenvalue weighted by Gasteiger charge is 2.07. The van der Waals surface area contributed by atoms with Crippen molar-refractivity contribution in [2.75, 3.05) is 7.05 Å². The maximum absolute atomic E-state index is 13.3. The van der Waals surface area contributed by atoms with Gasteiger partial charge in [-0.15, -0.1) is 0 Å². The Labute approximate surface area is 126 Å². The quantitative estimate of drug-likeness (QED) is 0.843. The number of nitriles is 1. The van der Waals surface area contributed by atoms with Crippen LogP contribution in [0.25, 0.3) is 0 Å². The third-order valence-corrected chi connectivity index (χ3v) is 3.78. The summed E-state index contributed by atoms with van der Waals surface area (Å²) in [6, 6.07) is 14.6. The number of halogens is 2. The molecule has 2 aromatic carbocycles. The van der Waals surface area contributed by atoms with Crippen LogP contribution >= 0.6 is 15.9 Å². The van der Waals surface area contributed by atoms with Crippen LogP contribution in [0.5, 0.6) is 0 Å². The van der Waals surface area contributed by atoms with Gasteiger partial charge in [0.1, 0.15) is 11.9 Å². The largest absolute Gasteiger partial charge is 0.298 e. The molecule has 0 amide bonds. The van der Waals surface area contributed by atoms with Gasteiger partial charge in [-0.05, 0) is 36.4 Å². The van der Waals surface area contributed by atoms with Crippen molar-refractivity contribution in [3.05, 3.63) is 69.4 Å². The van der Waals surface area contributed by atoms with Gasteiger partial charge in [0, 0.05) is 17.6 Å². The zero-order valence-electron chi connectivity index (χ0n) is 11.1. The molecule has 2 nitrogen and oxygen atoms in total. The first-order chi connectivity index (χ1) is 9.60. The lowest BCUT2D eigenvalue weighted by Gasteiger charge is -2.18. The molecule has 0 unspecified atom stereocenters. The summed E-state index contributed by atoms with van der Waals surface area (Å²) in [6.07, 6.45) is 0. The van der Waals surface area contributed by atoms with Gasteiger partial charge >= 0.3 is 0 Å². The first kappa shape index (κ1) is 14.7. The molecule has 0 bridgehead atoms. The molecular weight excluding hydrogens is 319 g/mol. The fourth-order valence-corrected chi connectivity index (χ4v) is 2.45. The van der Waals surface area contributed by atoms with Crippen LogP contribution in [-0.4, -0.2) is 11.9 Å². The van der Waals surface area contributed by atoms with Gasteiger partial charge in [-0.25, -0.2) is 4.39 Å². The van der Waals surface area contributed by atoms with Gasteiger partial charge in [0.05, 0.1) is 5.56 Å². The monoisotopic (exact) mass is 332 g/mol. The van der Waals surface area contributed by atoms with Gasteiger partial charge in [-0.1, -0.05) is 40.2 Å². The van der Waals surface area contributed by atoms with Crippen LogP contribution in [-0.2, 0) is 13.1 Å². The first-order valence-electron chi connectivity index (χ1n) is 6.20. The summed E-state index contributed by atoms with van der Waals surface area (Å²) in [4.78, 5) is 2.12. The second kappa shape index (κ2) is 6.65. The van der Waals surface area contributed by atoms with E-state index in [1.54, 1.807) is 12.1 Å². The molecule has 0 atom stereocenters. The average molecular weight is 333 g/mol. The molecule has 0 fully saturated rings. The third-order valence-electron chi connectivity index (χ3n) is 3.00. The van der Waals surface area contributed by atoms with E-state index >= 15 is 0 Å². The number of hydrogen-bond acceptors (Lipinski definition) is 2. The first-order valence-corrected chi connectivity index (χ1v) is 7.00. The van der Waals surface area contributed by atoms with Crippen LogP contribution in [0.3, 0.4) is 0 Å². The molecule has 0 aromatic heterocycles. The van der Waals surface area contributed by atoms with Crippen LogP contribution in [0.1, 0.15) is 16.7 Å². The average Bonchev–Trinajstić information content (AvgIpc) is 2.43. The maximum Gasteiger partial charge on any atom is 0.140 e. The molecule has 0 heterocycles. The predicted molar refractivity (Wildman–Crippen MR) is 80.4 cm³/mol. The molecule has 0 aliphatic heterocycles. The van der Waals surface area contributed by atoms with E-state index in [-0.39, 0.29) is 5.56 Å². The topological polar surface area (TPSA) is 27.0 Å². The van der Waals surface area contributed by atoms with E-state index in [9.17, 15) is 4.39 Å². The second-order valence-electron chi connectivity index (χ2n) is 4.69. The molecule has 102 valence electrons.